The van der Waals surface area contributed by atoms with Crippen molar-refractivity contribution in [2.24, 2.45) is 5.92 Å². The Labute approximate surface area is 213 Å². The molecule has 0 spiro atoms. The Kier molecular flexibility index (Phi) is 7.66. The molecule has 194 valence electrons. The van der Waals surface area contributed by atoms with Crippen LogP contribution in [0.1, 0.15) is 49.7 Å². The van der Waals surface area contributed by atoms with Gasteiger partial charge in [-0.05, 0) is 56.5 Å². The molecule has 0 saturated carbocycles. The number of benzene rings is 2. The summed E-state index contributed by atoms with van der Waals surface area (Å²) in [5.74, 6) is -2.10. The highest BCUT2D eigenvalue weighted by Crippen LogP contribution is 2.38. The highest BCUT2D eigenvalue weighted by atomic mass is 19.1. The minimum Gasteiger partial charge on any atom is -0.382 e. The third-order valence-corrected chi connectivity index (χ3v) is 6.42. The Morgan fingerprint density at radius 1 is 1.14 bits per heavy atom. The Bertz CT molecular complexity index is 1370. The lowest BCUT2D eigenvalue weighted by atomic mass is 10.1. The standard InChI is InChI=1S/C27H30F2N6O2/c1-4-17-12-13-34(15-17)25-18(14-30)21(31-16(2)3)8-9-22(25)32-27(37)23-10-11-24(36)35(33-23)26-19(28)6-5-7-20(26)29/h5-11,14,16-17,30-31H,4,12-13,15H2,1-3H3,(H,32,37)/t17-/m0/s1. The first-order valence-corrected chi connectivity index (χ1v) is 12.3. The molecule has 3 N–H and O–H groups in total. The lowest BCUT2D eigenvalue weighted by Gasteiger charge is -2.27. The maximum atomic E-state index is 14.3. The van der Waals surface area contributed by atoms with Crippen LogP contribution in [0.2, 0.25) is 0 Å². The Morgan fingerprint density at radius 2 is 1.84 bits per heavy atom. The molecule has 10 heteroatoms. The molecule has 0 unspecified atom stereocenters. The molecule has 1 fully saturated rings. The van der Waals surface area contributed by atoms with E-state index < -0.39 is 28.8 Å². The van der Waals surface area contributed by atoms with Crippen LogP contribution in [0.3, 0.4) is 0 Å². The number of hydrogen-bond donors (Lipinski definition) is 3. The summed E-state index contributed by atoms with van der Waals surface area (Å²) in [4.78, 5) is 27.8. The third-order valence-electron chi connectivity index (χ3n) is 6.42. The molecular formula is C27H30F2N6O2. The SMILES string of the molecule is CC[C@H]1CCN(c2c(NC(=O)c3ccc(=O)n(-c4c(F)cccc4F)n3)ccc(NC(C)C)c2C=N)C1. The lowest BCUT2D eigenvalue weighted by molar-refractivity contribution is 0.102. The summed E-state index contributed by atoms with van der Waals surface area (Å²) < 4.78 is 29.2. The minimum atomic E-state index is -0.974. The van der Waals surface area contributed by atoms with Crippen LogP contribution in [0.5, 0.6) is 0 Å². The summed E-state index contributed by atoms with van der Waals surface area (Å²) in [6.07, 6.45) is 3.30. The zero-order chi connectivity index (χ0) is 26.7. The van der Waals surface area contributed by atoms with E-state index in [4.69, 9.17) is 5.41 Å². The largest absolute Gasteiger partial charge is 0.382 e. The lowest BCUT2D eigenvalue weighted by Crippen LogP contribution is -2.27. The molecule has 4 rings (SSSR count). The van der Waals surface area contributed by atoms with Gasteiger partial charge in [0.2, 0.25) is 0 Å². The van der Waals surface area contributed by atoms with Crippen LogP contribution in [0.25, 0.3) is 5.69 Å². The number of nitrogens with one attached hydrogen (secondary N) is 3. The summed E-state index contributed by atoms with van der Waals surface area (Å²) in [7, 11) is 0. The average Bonchev–Trinajstić information content (AvgIpc) is 3.34. The van der Waals surface area contributed by atoms with Crippen LogP contribution in [-0.2, 0) is 0 Å². The number of para-hydroxylation sites is 1. The Morgan fingerprint density at radius 3 is 2.46 bits per heavy atom. The number of halogens is 2. The summed E-state index contributed by atoms with van der Waals surface area (Å²) in [5, 5.41) is 18.3. The molecule has 1 saturated heterocycles. The van der Waals surface area contributed by atoms with Gasteiger partial charge in [-0.25, -0.2) is 8.78 Å². The fourth-order valence-corrected chi connectivity index (χ4v) is 4.57. The highest BCUT2D eigenvalue weighted by molar-refractivity contribution is 6.08. The van der Waals surface area contributed by atoms with Crippen LogP contribution < -0.4 is 21.1 Å². The molecule has 2 aromatic carbocycles. The van der Waals surface area contributed by atoms with Gasteiger partial charge in [0.15, 0.2) is 11.6 Å². The van der Waals surface area contributed by atoms with E-state index in [0.717, 1.165) is 55.5 Å². The van der Waals surface area contributed by atoms with E-state index in [-0.39, 0.29) is 11.7 Å². The van der Waals surface area contributed by atoms with E-state index in [1.165, 1.54) is 18.3 Å². The second-order valence-corrected chi connectivity index (χ2v) is 9.37. The Hall–Kier alpha value is -4.08. The van der Waals surface area contributed by atoms with Crippen molar-refractivity contribution in [2.75, 3.05) is 28.6 Å². The van der Waals surface area contributed by atoms with Crippen molar-refractivity contribution in [1.82, 2.24) is 9.78 Å². The summed E-state index contributed by atoms with van der Waals surface area (Å²) >= 11 is 0. The smallest absolute Gasteiger partial charge is 0.276 e. The number of anilines is 3. The van der Waals surface area contributed by atoms with E-state index in [9.17, 15) is 18.4 Å². The first-order chi connectivity index (χ1) is 17.7. The van der Waals surface area contributed by atoms with Gasteiger partial charge < -0.3 is 20.9 Å². The van der Waals surface area contributed by atoms with Crippen molar-refractivity contribution < 1.29 is 13.6 Å². The molecule has 1 aliphatic rings. The van der Waals surface area contributed by atoms with Crippen molar-refractivity contribution in [2.45, 2.75) is 39.7 Å². The van der Waals surface area contributed by atoms with Crippen molar-refractivity contribution in [1.29, 1.82) is 5.41 Å². The molecule has 1 aromatic heterocycles. The molecule has 1 aliphatic heterocycles. The Balaban J connectivity index is 1.74. The van der Waals surface area contributed by atoms with Gasteiger partial charge >= 0.3 is 0 Å². The molecule has 2 heterocycles. The second-order valence-electron chi connectivity index (χ2n) is 9.37. The minimum absolute atomic E-state index is 0.137. The van der Waals surface area contributed by atoms with Crippen molar-refractivity contribution in [3.63, 3.8) is 0 Å². The molecule has 1 atom stereocenters. The van der Waals surface area contributed by atoms with Gasteiger partial charge in [-0.15, -0.1) is 0 Å². The van der Waals surface area contributed by atoms with Crippen LogP contribution in [0.15, 0.2) is 47.3 Å². The number of hydrogen-bond acceptors (Lipinski definition) is 6. The summed E-state index contributed by atoms with van der Waals surface area (Å²) in [6, 6.07) is 9.15. The predicted octanol–water partition coefficient (Wildman–Crippen LogP) is 4.82. The highest BCUT2D eigenvalue weighted by Gasteiger charge is 2.27. The van der Waals surface area contributed by atoms with Gasteiger partial charge in [0, 0.05) is 42.7 Å². The number of amides is 1. The molecule has 0 aliphatic carbocycles. The quantitative estimate of drug-likeness (QED) is 0.379. The molecular weight excluding hydrogens is 478 g/mol. The van der Waals surface area contributed by atoms with E-state index in [1.54, 1.807) is 12.1 Å². The fraction of sp³-hybridized carbons (Fsp3) is 0.333. The van der Waals surface area contributed by atoms with Gasteiger partial charge in [-0.1, -0.05) is 19.4 Å². The molecule has 37 heavy (non-hydrogen) atoms. The number of aromatic nitrogens is 2. The van der Waals surface area contributed by atoms with Gasteiger partial charge in [0.25, 0.3) is 11.5 Å². The topological polar surface area (TPSA) is 103 Å². The fourth-order valence-electron chi connectivity index (χ4n) is 4.57. The number of carbonyl (C=O) groups excluding carboxylic acids is 1. The van der Waals surface area contributed by atoms with Crippen LogP contribution in [0, 0.1) is 23.0 Å². The van der Waals surface area contributed by atoms with Gasteiger partial charge in [0.05, 0.1) is 11.4 Å². The maximum Gasteiger partial charge on any atom is 0.276 e. The van der Waals surface area contributed by atoms with E-state index in [0.29, 0.717) is 21.9 Å². The van der Waals surface area contributed by atoms with Crippen molar-refractivity contribution in [3.8, 4) is 5.69 Å². The molecule has 0 radical (unpaired) electrons. The monoisotopic (exact) mass is 508 g/mol. The van der Waals surface area contributed by atoms with E-state index in [1.807, 2.05) is 13.8 Å². The van der Waals surface area contributed by atoms with Crippen molar-refractivity contribution in [3.05, 3.63) is 75.7 Å². The van der Waals surface area contributed by atoms with Gasteiger partial charge in [-0.3, -0.25) is 9.59 Å². The number of rotatable bonds is 8. The zero-order valence-electron chi connectivity index (χ0n) is 21.0. The molecule has 3 aromatic rings. The first-order valence-electron chi connectivity index (χ1n) is 12.3. The number of carbonyl (C=O) groups is 1. The van der Waals surface area contributed by atoms with E-state index >= 15 is 0 Å². The molecule has 1 amide bonds. The number of nitrogens with zero attached hydrogens (tertiary/aromatic N) is 3. The third kappa shape index (κ3) is 5.37. The summed E-state index contributed by atoms with van der Waals surface area (Å²) in [6.45, 7) is 7.73. The maximum absolute atomic E-state index is 14.3. The molecule has 0 bridgehead atoms. The van der Waals surface area contributed by atoms with Crippen LogP contribution in [0.4, 0.5) is 25.8 Å². The first kappa shape index (κ1) is 26.0. The normalized spacial score (nSPS) is 15.2. The van der Waals surface area contributed by atoms with Crippen molar-refractivity contribution >= 4 is 29.2 Å². The van der Waals surface area contributed by atoms with E-state index in [2.05, 4.69) is 27.6 Å². The zero-order valence-corrected chi connectivity index (χ0v) is 21.0. The van der Waals surface area contributed by atoms with Crippen LogP contribution >= 0.6 is 0 Å². The van der Waals surface area contributed by atoms with Gasteiger partial charge in [-0.2, -0.15) is 9.78 Å². The second kappa shape index (κ2) is 10.9. The predicted molar refractivity (Wildman–Crippen MR) is 141 cm³/mol. The average molecular weight is 509 g/mol. The molecule has 8 nitrogen and oxygen atoms in total. The van der Waals surface area contributed by atoms with Gasteiger partial charge in [0.1, 0.15) is 11.4 Å². The summed E-state index contributed by atoms with van der Waals surface area (Å²) in [5.41, 5.74) is 1.00. The van der Waals surface area contributed by atoms with Crippen LogP contribution in [-0.4, -0.2) is 41.0 Å².